The number of halogens is 2. The zero-order chi connectivity index (χ0) is 16.8. The Bertz CT molecular complexity index is 697. The van der Waals surface area contributed by atoms with Crippen LogP contribution in [0, 0.1) is 5.82 Å². The molecule has 0 radical (unpaired) electrons. The van der Waals surface area contributed by atoms with Gasteiger partial charge in [-0.05, 0) is 29.8 Å². The van der Waals surface area contributed by atoms with Crippen molar-refractivity contribution in [2.24, 2.45) is 0 Å². The monoisotopic (exact) mass is 338 g/mol. The van der Waals surface area contributed by atoms with Crippen molar-refractivity contribution in [3.05, 3.63) is 58.9 Å². The number of aliphatic hydroxyl groups is 1. The maximum absolute atomic E-state index is 13.1. The number of carbonyl (C=O) groups excluding carboxylic acids is 1. The number of amides is 1. The van der Waals surface area contributed by atoms with Crippen LogP contribution in [0.15, 0.2) is 42.5 Å². The van der Waals surface area contributed by atoms with Gasteiger partial charge < -0.3 is 9.84 Å². The number of ether oxygens (including phenoxy) is 1. The summed E-state index contributed by atoms with van der Waals surface area (Å²) in [6.45, 7) is 0. The lowest BCUT2D eigenvalue weighted by Gasteiger charge is -2.14. The zero-order valence-electron chi connectivity index (χ0n) is 12.3. The molecule has 0 saturated carbocycles. The van der Waals surface area contributed by atoms with Crippen LogP contribution >= 0.6 is 11.6 Å². The molecule has 1 amide bonds. The van der Waals surface area contributed by atoms with Crippen LogP contribution in [0.5, 0.6) is 5.75 Å². The molecular formula is C16H16ClFN2O3. The van der Waals surface area contributed by atoms with Gasteiger partial charge in [-0.25, -0.2) is 4.39 Å². The average Bonchev–Trinajstić information content (AvgIpc) is 2.54. The van der Waals surface area contributed by atoms with E-state index in [1.165, 1.54) is 25.3 Å². The molecule has 23 heavy (non-hydrogen) atoms. The van der Waals surface area contributed by atoms with Gasteiger partial charge in [0.1, 0.15) is 11.6 Å². The summed E-state index contributed by atoms with van der Waals surface area (Å²) in [6.07, 6.45) is -1.33. The Hall–Kier alpha value is -2.31. The van der Waals surface area contributed by atoms with Gasteiger partial charge in [-0.3, -0.25) is 15.6 Å². The third-order valence-electron chi connectivity index (χ3n) is 3.12. The largest absolute Gasteiger partial charge is 0.497 e. The molecule has 0 bridgehead atoms. The summed E-state index contributed by atoms with van der Waals surface area (Å²) in [6, 6.07) is 10.4. The molecule has 1 atom stereocenters. The molecule has 122 valence electrons. The van der Waals surface area contributed by atoms with E-state index in [-0.39, 0.29) is 6.42 Å². The second-order valence-electron chi connectivity index (χ2n) is 4.79. The summed E-state index contributed by atoms with van der Waals surface area (Å²) >= 11 is 6.00. The summed E-state index contributed by atoms with van der Waals surface area (Å²) in [5.74, 6) is -0.366. The SMILES string of the molecule is COc1ccc(Cl)c(NNC(=O)CC(O)c2cccc(F)c2)c1. The topological polar surface area (TPSA) is 70.6 Å². The van der Waals surface area contributed by atoms with Crippen LogP contribution in [0.3, 0.4) is 0 Å². The van der Waals surface area contributed by atoms with Gasteiger partial charge in [0.25, 0.3) is 0 Å². The van der Waals surface area contributed by atoms with E-state index >= 15 is 0 Å². The number of methoxy groups -OCH3 is 1. The molecule has 5 nitrogen and oxygen atoms in total. The number of hydrazine groups is 1. The fraction of sp³-hybridized carbons (Fsp3) is 0.188. The summed E-state index contributed by atoms with van der Waals surface area (Å²) < 4.78 is 18.2. The number of carbonyl (C=O) groups is 1. The molecule has 0 saturated heterocycles. The summed E-state index contributed by atoms with van der Waals surface area (Å²) in [5, 5.41) is 10.3. The fourth-order valence-corrected chi connectivity index (χ4v) is 2.09. The number of anilines is 1. The van der Waals surface area contributed by atoms with Gasteiger partial charge in [-0.15, -0.1) is 0 Å². The standard InChI is InChI=1S/C16H16ClFN2O3/c1-23-12-5-6-13(17)14(8-12)19-20-16(22)9-15(21)10-3-2-4-11(18)7-10/h2-8,15,19,21H,9H2,1H3,(H,20,22). The molecule has 0 aliphatic rings. The molecule has 2 aromatic carbocycles. The van der Waals surface area contributed by atoms with E-state index in [1.807, 2.05) is 0 Å². The third-order valence-corrected chi connectivity index (χ3v) is 3.45. The van der Waals surface area contributed by atoms with Crippen LogP contribution in [0.4, 0.5) is 10.1 Å². The Morgan fingerprint density at radius 2 is 2.13 bits per heavy atom. The predicted molar refractivity (Wildman–Crippen MR) is 85.7 cm³/mol. The fourth-order valence-electron chi connectivity index (χ4n) is 1.92. The van der Waals surface area contributed by atoms with E-state index in [4.69, 9.17) is 16.3 Å². The minimum Gasteiger partial charge on any atom is -0.497 e. The highest BCUT2D eigenvalue weighted by molar-refractivity contribution is 6.33. The Morgan fingerprint density at radius 1 is 1.35 bits per heavy atom. The molecule has 0 heterocycles. The average molecular weight is 339 g/mol. The first-order chi connectivity index (χ1) is 11.0. The van der Waals surface area contributed by atoms with Crippen molar-refractivity contribution in [2.45, 2.75) is 12.5 Å². The predicted octanol–water partition coefficient (Wildman–Crippen LogP) is 3.05. The molecule has 3 N–H and O–H groups in total. The molecule has 2 rings (SSSR count). The number of nitrogens with one attached hydrogen (secondary N) is 2. The molecule has 0 aromatic heterocycles. The summed E-state index contributed by atoms with van der Waals surface area (Å²) in [7, 11) is 1.51. The van der Waals surface area contributed by atoms with Crippen molar-refractivity contribution in [1.29, 1.82) is 0 Å². The van der Waals surface area contributed by atoms with Crippen LogP contribution in [0.25, 0.3) is 0 Å². The molecule has 0 spiro atoms. The minimum atomic E-state index is -1.10. The molecular weight excluding hydrogens is 323 g/mol. The number of aliphatic hydroxyl groups excluding tert-OH is 1. The van der Waals surface area contributed by atoms with E-state index in [0.29, 0.717) is 22.0 Å². The molecule has 0 aliphatic heterocycles. The lowest BCUT2D eigenvalue weighted by molar-refractivity contribution is -0.122. The van der Waals surface area contributed by atoms with Crippen molar-refractivity contribution in [3.63, 3.8) is 0 Å². The van der Waals surface area contributed by atoms with Gasteiger partial charge in [0.05, 0.1) is 30.3 Å². The van der Waals surface area contributed by atoms with E-state index in [1.54, 1.807) is 24.3 Å². The number of hydrogen-bond acceptors (Lipinski definition) is 4. The Morgan fingerprint density at radius 3 is 2.83 bits per heavy atom. The molecule has 2 aromatic rings. The Labute approximate surface area is 138 Å². The van der Waals surface area contributed by atoms with Crippen molar-refractivity contribution < 1.29 is 19.0 Å². The third kappa shape index (κ3) is 4.84. The molecule has 0 aliphatic carbocycles. The highest BCUT2D eigenvalue weighted by atomic mass is 35.5. The van der Waals surface area contributed by atoms with Crippen LogP contribution in [0.1, 0.15) is 18.1 Å². The van der Waals surface area contributed by atoms with E-state index in [9.17, 15) is 14.3 Å². The molecule has 0 fully saturated rings. The summed E-state index contributed by atoms with van der Waals surface area (Å²) in [5.41, 5.74) is 5.87. The highest BCUT2D eigenvalue weighted by Gasteiger charge is 2.14. The number of hydrogen-bond donors (Lipinski definition) is 3. The normalized spacial score (nSPS) is 11.7. The maximum Gasteiger partial charge on any atom is 0.241 e. The van der Waals surface area contributed by atoms with E-state index < -0.39 is 17.8 Å². The van der Waals surface area contributed by atoms with Gasteiger partial charge >= 0.3 is 0 Å². The quantitative estimate of drug-likeness (QED) is 0.708. The van der Waals surface area contributed by atoms with Crippen molar-refractivity contribution in [2.75, 3.05) is 12.5 Å². The van der Waals surface area contributed by atoms with Crippen LogP contribution in [-0.2, 0) is 4.79 Å². The lowest BCUT2D eigenvalue weighted by Crippen LogP contribution is -2.30. The van der Waals surface area contributed by atoms with Crippen LogP contribution in [-0.4, -0.2) is 18.1 Å². The van der Waals surface area contributed by atoms with E-state index in [2.05, 4.69) is 10.9 Å². The first-order valence-corrected chi connectivity index (χ1v) is 7.19. The van der Waals surface area contributed by atoms with Crippen molar-refractivity contribution in [1.82, 2.24) is 5.43 Å². The highest BCUT2D eigenvalue weighted by Crippen LogP contribution is 2.26. The smallest absolute Gasteiger partial charge is 0.241 e. The molecule has 1 unspecified atom stereocenters. The van der Waals surface area contributed by atoms with Crippen molar-refractivity contribution >= 4 is 23.2 Å². The second-order valence-corrected chi connectivity index (χ2v) is 5.20. The Kier molecular flexibility index (Phi) is 5.78. The van der Waals surface area contributed by atoms with E-state index in [0.717, 1.165) is 0 Å². The number of benzene rings is 2. The zero-order valence-corrected chi connectivity index (χ0v) is 13.1. The van der Waals surface area contributed by atoms with Gasteiger partial charge in [-0.1, -0.05) is 23.7 Å². The van der Waals surface area contributed by atoms with Gasteiger partial charge in [0, 0.05) is 6.07 Å². The maximum atomic E-state index is 13.1. The van der Waals surface area contributed by atoms with Crippen LogP contribution in [0.2, 0.25) is 5.02 Å². The first-order valence-electron chi connectivity index (χ1n) is 6.81. The van der Waals surface area contributed by atoms with Crippen LogP contribution < -0.4 is 15.6 Å². The Balaban J connectivity index is 1.92. The summed E-state index contributed by atoms with van der Waals surface area (Å²) in [4.78, 5) is 11.8. The van der Waals surface area contributed by atoms with Crippen molar-refractivity contribution in [3.8, 4) is 5.75 Å². The second kappa shape index (κ2) is 7.80. The van der Waals surface area contributed by atoms with Gasteiger partial charge in [-0.2, -0.15) is 0 Å². The first kappa shape index (κ1) is 17.1. The minimum absolute atomic E-state index is 0.224. The molecule has 7 heteroatoms. The van der Waals surface area contributed by atoms with Gasteiger partial charge in [0.15, 0.2) is 0 Å². The lowest BCUT2D eigenvalue weighted by atomic mass is 10.1. The van der Waals surface area contributed by atoms with Gasteiger partial charge in [0.2, 0.25) is 5.91 Å². The number of rotatable bonds is 6.